The molecule has 3 nitrogen and oxygen atoms in total. The maximum atomic E-state index is 5.76. The molecule has 100 valence electrons. The van der Waals surface area contributed by atoms with Gasteiger partial charge in [-0.25, -0.2) is 4.98 Å². The molecule has 0 atom stereocenters. The van der Waals surface area contributed by atoms with Crippen molar-refractivity contribution in [1.29, 1.82) is 0 Å². The lowest BCUT2D eigenvalue weighted by atomic mass is 10.1. The Morgan fingerprint density at radius 3 is 2.61 bits per heavy atom. The van der Waals surface area contributed by atoms with Crippen LogP contribution in [0.15, 0.2) is 24.3 Å². The van der Waals surface area contributed by atoms with Crippen molar-refractivity contribution in [2.24, 2.45) is 5.73 Å². The topological polar surface area (TPSA) is 42.1 Å². The van der Waals surface area contributed by atoms with E-state index in [4.69, 9.17) is 10.7 Å². The van der Waals surface area contributed by atoms with Gasteiger partial charge in [-0.2, -0.15) is 0 Å². The van der Waals surface area contributed by atoms with Crippen molar-refractivity contribution in [3.63, 3.8) is 0 Å². The van der Waals surface area contributed by atoms with Crippen LogP contribution in [0.5, 0.6) is 0 Å². The molecule has 0 aliphatic rings. The lowest BCUT2D eigenvalue weighted by Crippen LogP contribution is -2.26. The van der Waals surface area contributed by atoms with E-state index >= 15 is 0 Å². The van der Waals surface area contributed by atoms with Crippen LogP contribution >= 0.6 is 0 Å². The zero-order chi connectivity index (χ0) is 13.5. The number of pyridine rings is 1. The quantitative estimate of drug-likeness (QED) is 0.753. The summed E-state index contributed by atoms with van der Waals surface area (Å²) in [6.07, 6.45) is 2.11. The van der Waals surface area contributed by atoms with E-state index in [-0.39, 0.29) is 0 Å². The highest BCUT2D eigenvalue weighted by atomic mass is 15.2. The number of nitrogens with two attached hydrogens (primary N) is 1. The number of aromatic nitrogens is 1. The Hall–Kier alpha value is -1.35. The van der Waals surface area contributed by atoms with E-state index in [0.29, 0.717) is 6.54 Å². The van der Waals surface area contributed by atoms with Crippen molar-refractivity contribution in [3.8, 4) is 0 Å². The zero-order valence-corrected chi connectivity index (χ0v) is 11.9. The Kier molecular flexibility index (Phi) is 5.86. The molecule has 0 amide bonds. The first-order chi connectivity index (χ1) is 8.60. The summed E-state index contributed by atoms with van der Waals surface area (Å²) in [6.45, 7) is 12.7. The molecular weight excluding hydrogens is 222 g/mol. The summed E-state index contributed by atoms with van der Waals surface area (Å²) in [4.78, 5) is 6.96. The fraction of sp³-hybridized carbons (Fsp3) is 0.533. The lowest BCUT2D eigenvalue weighted by Gasteiger charge is -2.23. The second-order valence-corrected chi connectivity index (χ2v) is 4.75. The highest BCUT2D eigenvalue weighted by molar-refractivity contribution is 5.44. The Morgan fingerprint density at radius 2 is 2.11 bits per heavy atom. The number of hydrogen-bond acceptors (Lipinski definition) is 3. The van der Waals surface area contributed by atoms with Crippen LogP contribution in [-0.4, -0.2) is 18.1 Å². The van der Waals surface area contributed by atoms with Gasteiger partial charge in [0.05, 0.1) is 0 Å². The van der Waals surface area contributed by atoms with Gasteiger partial charge >= 0.3 is 0 Å². The smallest absolute Gasteiger partial charge is 0.129 e. The lowest BCUT2D eigenvalue weighted by molar-refractivity contribution is 0.825. The minimum atomic E-state index is 0.566. The van der Waals surface area contributed by atoms with Crippen LogP contribution in [0.1, 0.15) is 38.4 Å². The summed E-state index contributed by atoms with van der Waals surface area (Å²) in [7, 11) is 0. The maximum absolute atomic E-state index is 5.76. The summed E-state index contributed by atoms with van der Waals surface area (Å²) in [5.41, 5.74) is 9.20. The SMILES string of the molecule is C=C(C)CN(CC)c1cc(CN)cc(CCC)n1. The first-order valence-corrected chi connectivity index (χ1v) is 6.69. The molecule has 3 heteroatoms. The van der Waals surface area contributed by atoms with E-state index in [1.165, 1.54) is 0 Å². The third-order valence-electron chi connectivity index (χ3n) is 2.83. The number of nitrogens with zero attached hydrogens (tertiary/aromatic N) is 2. The average Bonchev–Trinajstić information content (AvgIpc) is 2.35. The van der Waals surface area contributed by atoms with Gasteiger partial charge in [-0.05, 0) is 38.0 Å². The van der Waals surface area contributed by atoms with Crippen molar-refractivity contribution in [2.45, 2.75) is 40.2 Å². The number of hydrogen-bond donors (Lipinski definition) is 1. The van der Waals surface area contributed by atoms with Crippen LogP contribution in [-0.2, 0) is 13.0 Å². The van der Waals surface area contributed by atoms with E-state index in [1.807, 2.05) is 6.92 Å². The Morgan fingerprint density at radius 1 is 1.39 bits per heavy atom. The van der Waals surface area contributed by atoms with Gasteiger partial charge < -0.3 is 10.6 Å². The van der Waals surface area contributed by atoms with Crippen LogP contribution in [0.25, 0.3) is 0 Å². The molecule has 0 radical (unpaired) electrons. The van der Waals surface area contributed by atoms with Crippen LogP contribution < -0.4 is 10.6 Å². The second kappa shape index (κ2) is 7.17. The molecule has 1 aromatic heterocycles. The third kappa shape index (κ3) is 4.15. The fourth-order valence-electron chi connectivity index (χ4n) is 1.98. The summed E-state index contributed by atoms with van der Waals surface area (Å²) in [6, 6.07) is 4.20. The van der Waals surface area contributed by atoms with Gasteiger partial charge in [-0.3, -0.25) is 0 Å². The number of anilines is 1. The number of rotatable bonds is 7. The van der Waals surface area contributed by atoms with Crippen LogP contribution in [0, 0.1) is 0 Å². The minimum Gasteiger partial charge on any atom is -0.353 e. The van der Waals surface area contributed by atoms with E-state index in [1.54, 1.807) is 0 Å². The van der Waals surface area contributed by atoms with Gasteiger partial charge in [0, 0.05) is 25.3 Å². The first-order valence-electron chi connectivity index (χ1n) is 6.69. The Labute approximate surface area is 111 Å². The van der Waals surface area contributed by atoms with Crippen LogP contribution in [0.3, 0.4) is 0 Å². The van der Waals surface area contributed by atoms with Gasteiger partial charge in [-0.1, -0.05) is 25.5 Å². The van der Waals surface area contributed by atoms with Crippen molar-refractivity contribution in [3.05, 3.63) is 35.5 Å². The highest BCUT2D eigenvalue weighted by Gasteiger charge is 2.08. The molecule has 0 saturated carbocycles. The molecule has 2 N–H and O–H groups in total. The maximum Gasteiger partial charge on any atom is 0.129 e. The molecule has 0 bridgehead atoms. The summed E-state index contributed by atoms with van der Waals surface area (Å²) in [5, 5.41) is 0. The molecule has 0 fully saturated rings. The molecule has 0 saturated heterocycles. The molecule has 0 aliphatic carbocycles. The molecular formula is C15H25N3. The van der Waals surface area contributed by atoms with Crippen molar-refractivity contribution < 1.29 is 0 Å². The van der Waals surface area contributed by atoms with E-state index < -0.39 is 0 Å². The molecule has 0 spiro atoms. The van der Waals surface area contributed by atoms with Gasteiger partial charge in [0.25, 0.3) is 0 Å². The average molecular weight is 247 g/mol. The molecule has 1 heterocycles. The molecule has 0 aliphatic heterocycles. The molecule has 0 unspecified atom stereocenters. The second-order valence-electron chi connectivity index (χ2n) is 4.75. The van der Waals surface area contributed by atoms with Gasteiger partial charge in [-0.15, -0.1) is 0 Å². The standard InChI is InChI=1S/C15H25N3/c1-5-7-14-8-13(10-16)9-15(17-14)18(6-2)11-12(3)4/h8-9H,3,5-7,10-11,16H2,1-2,4H3. The summed E-state index contributed by atoms with van der Waals surface area (Å²) >= 11 is 0. The normalized spacial score (nSPS) is 10.4. The van der Waals surface area contributed by atoms with E-state index in [2.05, 4.69) is 37.5 Å². The van der Waals surface area contributed by atoms with E-state index in [0.717, 1.165) is 48.6 Å². The summed E-state index contributed by atoms with van der Waals surface area (Å²) in [5.74, 6) is 1.02. The molecule has 18 heavy (non-hydrogen) atoms. The van der Waals surface area contributed by atoms with Gasteiger partial charge in [0.1, 0.15) is 5.82 Å². The van der Waals surface area contributed by atoms with Crippen molar-refractivity contribution in [2.75, 3.05) is 18.0 Å². The number of aryl methyl sites for hydroxylation is 1. The van der Waals surface area contributed by atoms with Gasteiger partial charge in [0.15, 0.2) is 0 Å². The number of likely N-dealkylation sites (N-methyl/N-ethyl adjacent to an activating group) is 1. The largest absolute Gasteiger partial charge is 0.353 e. The zero-order valence-electron chi connectivity index (χ0n) is 11.9. The van der Waals surface area contributed by atoms with Crippen LogP contribution in [0.2, 0.25) is 0 Å². The highest BCUT2D eigenvalue weighted by Crippen LogP contribution is 2.17. The van der Waals surface area contributed by atoms with Crippen LogP contribution in [0.4, 0.5) is 5.82 Å². The molecule has 1 aromatic rings. The van der Waals surface area contributed by atoms with Crippen molar-refractivity contribution >= 4 is 5.82 Å². The predicted molar refractivity (Wildman–Crippen MR) is 78.8 cm³/mol. The minimum absolute atomic E-state index is 0.566. The Bertz CT molecular complexity index is 399. The Balaban J connectivity index is 3.04. The van der Waals surface area contributed by atoms with E-state index in [9.17, 15) is 0 Å². The molecule has 0 aromatic carbocycles. The predicted octanol–water partition coefficient (Wildman–Crippen LogP) is 2.90. The van der Waals surface area contributed by atoms with Crippen molar-refractivity contribution in [1.82, 2.24) is 4.98 Å². The fourth-order valence-corrected chi connectivity index (χ4v) is 1.98. The monoisotopic (exact) mass is 247 g/mol. The first kappa shape index (κ1) is 14.7. The molecule has 1 rings (SSSR count). The van der Waals surface area contributed by atoms with Gasteiger partial charge in [0.2, 0.25) is 0 Å². The summed E-state index contributed by atoms with van der Waals surface area (Å²) < 4.78 is 0. The third-order valence-corrected chi connectivity index (χ3v) is 2.83.